The Morgan fingerprint density at radius 2 is 2.06 bits per heavy atom. The highest BCUT2D eigenvalue weighted by Gasteiger charge is 2.32. The summed E-state index contributed by atoms with van der Waals surface area (Å²) in [6.45, 7) is 1.42. The molecule has 1 atom stereocenters. The minimum absolute atomic E-state index is 0.0540. The molecule has 1 saturated heterocycles. The maximum absolute atomic E-state index is 11.7. The first kappa shape index (κ1) is 13.9. The number of carbonyl (C=O) groups excluding carboxylic acids is 1. The maximum atomic E-state index is 11.7. The Balaban J connectivity index is 2.64. The Labute approximate surface area is 100 Å². The van der Waals surface area contributed by atoms with E-state index in [1.165, 1.54) is 14.0 Å². The maximum Gasteiger partial charge on any atom is 0.326 e. The summed E-state index contributed by atoms with van der Waals surface area (Å²) in [7, 11) is -1.97. The number of amides is 1. The van der Waals surface area contributed by atoms with Gasteiger partial charge in [-0.2, -0.15) is 4.31 Å². The average Bonchev–Trinajstić information content (AvgIpc) is 2.56. The van der Waals surface area contributed by atoms with Gasteiger partial charge >= 0.3 is 5.97 Å². The number of sulfonamides is 1. The summed E-state index contributed by atoms with van der Waals surface area (Å²) in [6.07, 6.45) is 0.508. The third-order valence-electron chi connectivity index (χ3n) is 2.85. The Kier molecular flexibility index (Phi) is 4.10. The highest BCUT2D eigenvalue weighted by atomic mass is 32.2. The molecule has 0 bridgehead atoms. The number of hydrogen-bond acceptors (Lipinski definition) is 4. The van der Waals surface area contributed by atoms with Gasteiger partial charge in [-0.1, -0.05) is 0 Å². The molecule has 1 amide bonds. The molecule has 1 fully saturated rings. The SMILES string of the molecule is C[C@@H](C(=O)O)N(C)C(=O)CN1CCCS1(=O)=O. The molecule has 0 unspecified atom stereocenters. The average molecular weight is 264 g/mol. The molecular formula is C9H16N2O5S. The number of nitrogens with zero attached hydrogens (tertiary/aromatic N) is 2. The van der Waals surface area contributed by atoms with Gasteiger partial charge < -0.3 is 10.0 Å². The molecule has 1 rings (SSSR count). The number of aliphatic carboxylic acids is 1. The van der Waals surface area contributed by atoms with E-state index in [0.717, 1.165) is 9.21 Å². The molecule has 0 aromatic heterocycles. The predicted molar refractivity (Wildman–Crippen MR) is 59.8 cm³/mol. The second-order valence-corrected chi connectivity index (χ2v) is 6.11. The zero-order valence-corrected chi connectivity index (χ0v) is 10.6. The number of carboxylic acid groups (broad SMARTS) is 1. The van der Waals surface area contributed by atoms with Crippen molar-refractivity contribution in [3.63, 3.8) is 0 Å². The topological polar surface area (TPSA) is 95.0 Å². The van der Waals surface area contributed by atoms with Crippen molar-refractivity contribution in [1.82, 2.24) is 9.21 Å². The first-order valence-electron chi connectivity index (χ1n) is 5.22. The Morgan fingerprint density at radius 1 is 1.47 bits per heavy atom. The first-order valence-corrected chi connectivity index (χ1v) is 6.83. The van der Waals surface area contributed by atoms with Crippen LogP contribution in [0.5, 0.6) is 0 Å². The summed E-state index contributed by atoms with van der Waals surface area (Å²) < 4.78 is 24.0. The Morgan fingerprint density at radius 3 is 2.47 bits per heavy atom. The fourth-order valence-corrected chi connectivity index (χ4v) is 2.98. The number of likely N-dealkylation sites (N-methyl/N-ethyl adjacent to an activating group) is 1. The van der Waals surface area contributed by atoms with Gasteiger partial charge in [0, 0.05) is 13.6 Å². The molecule has 98 valence electrons. The molecule has 1 aliphatic heterocycles. The van der Waals surface area contributed by atoms with Crippen LogP contribution >= 0.6 is 0 Å². The van der Waals surface area contributed by atoms with E-state index in [0.29, 0.717) is 13.0 Å². The molecule has 1 N–H and O–H groups in total. The Bertz CT molecular complexity index is 419. The highest BCUT2D eigenvalue weighted by molar-refractivity contribution is 7.89. The molecule has 7 nitrogen and oxygen atoms in total. The van der Waals surface area contributed by atoms with Crippen molar-refractivity contribution in [3.05, 3.63) is 0 Å². The van der Waals surface area contributed by atoms with Gasteiger partial charge in [0.2, 0.25) is 15.9 Å². The van der Waals surface area contributed by atoms with E-state index in [1.807, 2.05) is 0 Å². The fraction of sp³-hybridized carbons (Fsp3) is 0.778. The molecule has 0 aromatic rings. The third-order valence-corrected chi connectivity index (χ3v) is 4.75. The smallest absolute Gasteiger partial charge is 0.326 e. The van der Waals surface area contributed by atoms with Crippen LogP contribution in [0.15, 0.2) is 0 Å². The van der Waals surface area contributed by atoms with Crippen molar-refractivity contribution in [2.24, 2.45) is 0 Å². The monoisotopic (exact) mass is 264 g/mol. The number of rotatable bonds is 4. The lowest BCUT2D eigenvalue weighted by Crippen LogP contribution is -2.45. The Hall–Kier alpha value is -1.15. The van der Waals surface area contributed by atoms with Crippen LogP contribution in [-0.4, -0.2) is 66.5 Å². The molecule has 0 radical (unpaired) electrons. The van der Waals surface area contributed by atoms with Crippen LogP contribution in [0.4, 0.5) is 0 Å². The van der Waals surface area contributed by atoms with Crippen LogP contribution in [0.3, 0.4) is 0 Å². The fourth-order valence-electron chi connectivity index (χ4n) is 1.51. The molecule has 1 heterocycles. The summed E-state index contributed by atoms with van der Waals surface area (Å²) in [5.74, 6) is -1.58. The second-order valence-electron chi connectivity index (χ2n) is 4.02. The van der Waals surface area contributed by atoms with Crippen LogP contribution in [0.1, 0.15) is 13.3 Å². The van der Waals surface area contributed by atoms with Gasteiger partial charge in [-0.25, -0.2) is 13.2 Å². The molecular weight excluding hydrogens is 248 g/mol. The lowest BCUT2D eigenvalue weighted by Gasteiger charge is -2.23. The van der Waals surface area contributed by atoms with Crippen LogP contribution in [0.2, 0.25) is 0 Å². The summed E-state index contributed by atoms with van der Waals surface area (Å²) in [4.78, 5) is 23.4. The van der Waals surface area contributed by atoms with E-state index >= 15 is 0 Å². The zero-order valence-electron chi connectivity index (χ0n) is 9.79. The summed E-state index contributed by atoms with van der Waals surface area (Å²) >= 11 is 0. The van der Waals surface area contributed by atoms with Gasteiger partial charge in [0.15, 0.2) is 0 Å². The van der Waals surface area contributed by atoms with Gasteiger partial charge in [0.25, 0.3) is 0 Å². The molecule has 0 aliphatic carbocycles. The number of carboxylic acids is 1. The highest BCUT2D eigenvalue weighted by Crippen LogP contribution is 2.13. The van der Waals surface area contributed by atoms with Gasteiger partial charge in [0.1, 0.15) is 6.04 Å². The van der Waals surface area contributed by atoms with E-state index in [-0.39, 0.29) is 12.3 Å². The predicted octanol–water partition coefficient (Wildman–Crippen LogP) is -1.05. The van der Waals surface area contributed by atoms with Crippen molar-refractivity contribution < 1.29 is 23.1 Å². The van der Waals surface area contributed by atoms with E-state index in [4.69, 9.17) is 5.11 Å². The summed E-state index contributed by atoms with van der Waals surface area (Å²) in [6, 6.07) is -0.965. The largest absolute Gasteiger partial charge is 0.480 e. The molecule has 0 saturated carbocycles. The van der Waals surface area contributed by atoms with E-state index in [9.17, 15) is 18.0 Å². The van der Waals surface area contributed by atoms with Crippen molar-refractivity contribution in [2.75, 3.05) is 25.9 Å². The van der Waals surface area contributed by atoms with Gasteiger partial charge in [-0.3, -0.25) is 4.79 Å². The van der Waals surface area contributed by atoms with Crippen LogP contribution in [0.25, 0.3) is 0 Å². The van der Waals surface area contributed by atoms with Crippen molar-refractivity contribution >= 4 is 21.9 Å². The quantitative estimate of drug-likeness (QED) is 0.699. The van der Waals surface area contributed by atoms with Gasteiger partial charge in [-0.15, -0.1) is 0 Å². The van der Waals surface area contributed by atoms with Crippen LogP contribution in [-0.2, 0) is 19.6 Å². The number of carbonyl (C=O) groups is 2. The van der Waals surface area contributed by atoms with Crippen LogP contribution in [0, 0.1) is 0 Å². The molecule has 17 heavy (non-hydrogen) atoms. The minimum atomic E-state index is -3.32. The summed E-state index contributed by atoms with van der Waals surface area (Å²) in [5.41, 5.74) is 0. The molecule has 0 spiro atoms. The van der Waals surface area contributed by atoms with Crippen LogP contribution < -0.4 is 0 Å². The molecule has 1 aliphatic rings. The van der Waals surface area contributed by atoms with E-state index < -0.39 is 27.9 Å². The van der Waals surface area contributed by atoms with Gasteiger partial charge in [0.05, 0.1) is 12.3 Å². The van der Waals surface area contributed by atoms with Gasteiger partial charge in [-0.05, 0) is 13.3 Å². The zero-order chi connectivity index (χ0) is 13.2. The van der Waals surface area contributed by atoms with E-state index in [1.54, 1.807) is 0 Å². The van der Waals surface area contributed by atoms with Crippen molar-refractivity contribution in [1.29, 1.82) is 0 Å². The van der Waals surface area contributed by atoms with Crippen molar-refractivity contribution in [3.8, 4) is 0 Å². The first-order chi connectivity index (χ1) is 7.75. The number of hydrogen-bond donors (Lipinski definition) is 1. The van der Waals surface area contributed by atoms with Crippen molar-refractivity contribution in [2.45, 2.75) is 19.4 Å². The normalized spacial score (nSPS) is 21.1. The third kappa shape index (κ3) is 3.16. The molecule has 8 heteroatoms. The lowest BCUT2D eigenvalue weighted by molar-refractivity contribution is -0.148. The standard InChI is InChI=1S/C9H16N2O5S/c1-7(9(13)14)10(2)8(12)6-11-4-3-5-17(11,15)16/h7H,3-6H2,1-2H3,(H,13,14)/t7-/m0/s1. The minimum Gasteiger partial charge on any atom is -0.480 e. The van der Waals surface area contributed by atoms with E-state index in [2.05, 4.69) is 0 Å². The second kappa shape index (κ2) is 5.01. The lowest BCUT2D eigenvalue weighted by atomic mass is 10.3. The summed E-state index contributed by atoms with van der Waals surface area (Å²) in [5, 5.41) is 8.74. The molecule has 0 aromatic carbocycles.